The maximum absolute atomic E-state index is 12.3. The molecule has 0 aromatic heterocycles. The molecule has 1 aliphatic heterocycles. The molecule has 1 saturated heterocycles. The van der Waals surface area contributed by atoms with Gasteiger partial charge in [0.05, 0.1) is 33.1 Å². The molecule has 6 heteroatoms. The fraction of sp³-hybridized carbons (Fsp3) is 0.538. The van der Waals surface area contributed by atoms with Crippen molar-refractivity contribution in [2.24, 2.45) is 0 Å². The largest absolute Gasteiger partial charge is 0.398 e. The summed E-state index contributed by atoms with van der Waals surface area (Å²) in [6, 6.07) is 4.39. The molecule has 1 aromatic carbocycles. The zero-order valence-electron chi connectivity index (χ0n) is 11.0. The number of anilines is 1. The Labute approximate surface area is 118 Å². The monoisotopic (exact) mass is 303 g/mol. The van der Waals surface area contributed by atoms with Gasteiger partial charge in [-0.05, 0) is 44.9 Å². The van der Waals surface area contributed by atoms with Gasteiger partial charge in [0.1, 0.15) is 0 Å². The van der Waals surface area contributed by atoms with E-state index in [4.69, 9.17) is 22.1 Å². The standard InChI is InChI=1S/C13H18ClNO3S/c1-13(2)6-5-9(18-13)8-19(16,17)10-3-4-12(15)11(14)7-10/h3-4,7,9H,5-6,8,15H2,1-2H3. The fourth-order valence-electron chi connectivity index (χ4n) is 2.24. The van der Waals surface area contributed by atoms with Crippen LogP contribution in [-0.2, 0) is 14.6 Å². The Kier molecular flexibility index (Phi) is 3.82. The molecule has 1 aromatic rings. The van der Waals surface area contributed by atoms with Crippen LogP contribution in [0.2, 0.25) is 5.02 Å². The van der Waals surface area contributed by atoms with Gasteiger partial charge in [0.15, 0.2) is 9.84 Å². The van der Waals surface area contributed by atoms with Gasteiger partial charge in [0.25, 0.3) is 0 Å². The van der Waals surface area contributed by atoms with Crippen LogP contribution in [0.25, 0.3) is 0 Å². The number of rotatable bonds is 3. The summed E-state index contributed by atoms with van der Waals surface area (Å²) in [7, 11) is -3.40. The van der Waals surface area contributed by atoms with Gasteiger partial charge >= 0.3 is 0 Å². The summed E-state index contributed by atoms with van der Waals surface area (Å²) in [5.74, 6) is -0.0172. The summed E-state index contributed by atoms with van der Waals surface area (Å²) in [5.41, 5.74) is 5.72. The van der Waals surface area contributed by atoms with E-state index in [9.17, 15) is 8.42 Å². The van der Waals surface area contributed by atoms with Crippen LogP contribution in [0.4, 0.5) is 5.69 Å². The first-order valence-corrected chi connectivity index (χ1v) is 8.18. The number of nitrogen functional groups attached to an aromatic ring is 1. The molecule has 0 aliphatic carbocycles. The zero-order valence-corrected chi connectivity index (χ0v) is 12.6. The molecule has 4 nitrogen and oxygen atoms in total. The van der Waals surface area contributed by atoms with Crippen LogP contribution in [0.3, 0.4) is 0 Å². The zero-order chi connectivity index (χ0) is 14.3. The van der Waals surface area contributed by atoms with Gasteiger partial charge in [-0.2, -0.15) is 0 Å². The van der Waals surface area contributed by atoms with Crippen molar-refractivity contribution >= 4 is 27.1 Å². The van der Waals surface area contributed by atoms with E-state index in [0.717, 1.165) is 12.8 Å². The van der Waals surface area contributed by atoms with Gasteiger partial charge in [-0.3, -0.25) is 0 Å². The highest BCUT2D eigenvalue weighted by molar-refractivity contribution is 7.91. The predicted molar refractivity (Wildman–Crippen MR) is 76.1 cm³/mol. The quantitative estimate of drug-likeness (QED) is 0.872. The van der Waals surface area contributed by atoms with Crippen molar-refractivity contribution in [3.8, 4) is 0 Å². The minimum absolute atomic E-state index is 0.0172. The van der Waals surface area contributed by atoms with E-state index in [0.29, 0.717) is 5.69 Å². The van der Waals surface area contributed by atoms with E-state index in [2.05, 4.69) is 0 Å². The summed E-state index contributed by atoms with van der Waals surface area (Å²) in [4.78, 5) is 0.194. The normalized spacial score (nSPS) is 22.6. The molecule has 106 valence electrons. The van der Waals surface area contributed by atoms with E-state index in [-0.39, 0.29) is 27.4 Å². The number of sulfone groups is 1. The number of ether oxygens (including phenoxy) is 1. The highest BCUT2D eigenvalue weighted by Crippen LogP contribution is 2.31. The Morgan fingerprint density at radius 1 is 1.47 bits per heavy atom. The van der Waals surface area contributed by atoms with Crippen LogP contribution in [0, 0.1) is 0 Å². The molecule has 2 N–H and O–H groups in total. The number of hydrogen-bond acceptors (Lipinski definition) is 4. The van der Waals surface area contributed by atoms with Crippen LogP contribution < -0.4 is 5.73 Å². The van der Waals surface area contributed by atoms with Gasteiger partial charge in [-0.15, -0.1) is 0 Å². The third-order valence-corrected chi connectivity index (χ3v) is 5.40. The summed E-state index contributed by atoms with van der Waals surface area (Å²) in [6.07, 6.45) is 1.38. The third kappa shape index (κ3) is 3.41. The summed E-state index contributed by atoms with van der Waals surface area (Å²) < 4.78 is 30.3. The molecular formula is C13H18ClNO3S. The lowest BCUT2D eigenvalue weighted by Crippen LogP contribution is -2.25. The van der Waals surface area contributed by atoms with Crippen LogP contribution in [0.5, 0.6) is 0 Å². The molecule has 1 aliphatic rings. The number of halogens is 1. The van der Waals surface area contributed by atoms with E-state index >= 15 is 0 Å². The van der Waals surface area contributed by atoms with E-state index in [1.54, 1.807) is 0 Å². The number of nitrogens with two attached hydrogens (primary N) is 1. The topological polar surface area (TPSA) is 69.4 Å². The minimum atomic E-state index is -3.40. The summed E-state index contributed by atoms with van der Waals surface area (Å²) >= 11 is 5.86. The molecule has 1 fully saturated rings. The highest BCUT2D eigenvalue weighted by Gasteiger charge is 2.34. The van der Waals surface area contributed by atoms with Crippen molar-refractivity contribution in [1.82, 2.24) is 0 Å². The predicted octanol–water partition coefficient (Wildman–Crippen LogP) is 2.65. The molecule has 0 bridgehead atoms. The first-order chi connectivity index (χ1) is 8.70. The van der Waals surface area contributed by atoms with Crippen molar-refractivity contribution in [2.45, 2.75) is 43.3 Å². The average molecular weight is 304 g/mol. The highest BCUT2D eigenvalue weighted by atomic mass is 35.5. The third-order valence-electron chi connectivity index (χ3n) is 3.29. The Bertz CT molecular complexity index is 584. The second-order valence-corrected chi connectivity index (χ2v) is 7.94. The van der Waals surface area contributed by atoms with Crippen molar-refractivity contribution < 1.29 is 13.2 Å². The lowest BCUT2D eigenvalue weighted by atomic mass is 10.1. The van der Waals surface area contributed by atoms with Crippen molar-refractivity contribution in [2.75, 3.05) is 11.5 Å². The van der Waals surface area contributed by atoms with Crippen LogP contribution in [0.1, 0.15) is 26.7 Å². The van der Waals surface area contributed by atoms with Gasteiger partial charge in [0, 0.05) is 0 Å². The van der Waals surface area contributed by atoms with Gasteiger partial charge in [0.2, 0.25) is 0 Å². The molecule has 19 heavy (non-hydrogen) atoms. The van der Waals surface area contributed by atoms with Gasteiger partial charge in [-0.25, -0.2) is 8.42 Å². The van der Waals surface area contributed by atoms with E-state index < -0.39 is 9.84 Å². The maximum Gasteiger partial charge on any atom is 0.180 e. The Hall–Kier alpha value is -0.780. The molecule has 0 radical (unpaired) electrons. The molecular weight excluding hydrogens is 286 g/mol. The van der Waals surface area contributed by atoms with Gasteiger partial charge in [-0.1, -0.05) is 11.6 Å². The number of hydrogen-bond donors (Lipinski definition) is 1. The van der Waals surface area contributed by atoms with Crippen LogP contribution in [-0.4, -0.2) is 25.9 Å². The minimum Gasteiger partial charge on any atom is -0.398 e. The molecule has 1 unspecified atom stereocenters. The average Bonchev–Trinajstić information content (AvgIpc) is 2.61. The lowest BCUT2D eigenvalue weighted by molar-refractivity contribution is -0.00527. The second-order valence-electron chi connectivity index (χ2n) is 5.50. The molecule has 0 saturated carbocycles. The second kappa shape index (κ2) is 4.96. The Morgan fingerprint density at radius 2 is 2.16 bits per heavy atom. The first-order valence-electron chi connectivity index (χ1n) is 6.15. The fourth-order valence-corrected chi connectivity index (χ4v) is 3.97. The van der Waals surface area contributed by atoms with Crippen molar-refractivity contribution in [1.29, 1.82) is 0 Å². The molecule has 1 atom stereocenters. The Balaban J connectivity index is 2.17. The molecule has 1 heterocycles. The first kappa shape index (κ1) is 14.6. The summed E-state index contributed by atoms with van der Waals surface area (Å²) in [6.45, 7) is 3.94. The van der Waals surface area contributed by atoms with E-state index in [1.165, 1.54) is 18.2 Å². The lowest BCUT2D eigenvalue weighted by Gasteiger charge is -2.19. The Morgan fingerprint density at radius 3 is 2.68 bits per heavy atom. The smallest absolute Gasteiger partial charge is 0.180 e. The van der Waals surface area contributed by atoms with Crippen molar-refractivity contribution in [3.63, 3.8) is 0 Å². The maximum atomic E-state index is 12.3. The molecule has 2 rings (SSSR count). The van der Waals surface area contributed by atoms with E-state index in [1.807, 2.05) is 13.8 Å². The summed E-state index contributed by atoms with van der Waals surface area (Å²) in [5, 5.41) is 0.258. The van der Waals surface area contributed by atoms with Crippen molar-refractivity contribution in [3.05, 3.63) is 23.2 Å². The van der Waals surface area contributed by atoms with Crippen LogP contribution >= 0.6 is 11.6 Å². The SMILES string of the molecule is CC1(C)CCC(CS(=O)(=O)c2ccc(N)c(Cl)c2)O1. The number of benzene rings is 1. The van der Waals surface area contributed by atoms with Crippen LogP contribution in [0.15, 0.2) is 23.1 Å². The molecule has 0 amide bonds. The van der Waals surface area contributed by atoms with Gasteiger partial charge < -0.3 is 10.5 Å². The molecule has 0 spiro atoms.